The minimum Gasteiger partial charge on any atom is -0.388 e. The van der Waals surface area contributed by atoms with Crippen molar-refractivity contribution in [2.45, 2.75) is 52.1 Å². The molecule has 0 aliphatic heterocycles. The van der Waals surface area contributed by atoms with Gasteiger partial charge in [0.1, 0.15) is 5.82 Å². The van der Waals surface area contributed by atoms with Crippen molar-refractivity contribution in [1.82, 2.24) is 4.98 Å². The van der Waals surface area contributed by atoms with Crippen LogP contribution in [0.2, 0.25) is 0 Å². The third-order valence-corrected chi connectivity index (χ3v) is 3.43. The van der Waals surface area contributed by atoms with E-state index in [1.807, 2.05) is 13.0 Å². The zero-order valence-corrected chi connectivity index (χ0v) is 11.7. The maximum Gasteiger partial charge on any atom is 0.126 e. The SMILES string of the molecule is CC(C)CC(C)(O)CNc1ccc2c(n1)CCC2. The molecule has 0 spiro atoms. The molecule has 1 aromatic heterocycles. The van der Waals surface area contributed by atoms with Gasteiger partial charge in [-0.2, -0.15) is 0 Å². The van der Waals surface area contributed by atoms with Crippen molar-refractivity contribution in [3.8, 4) is 0 Å². The van der Waals surface area contributed by atoms with Crippen LogP contribution in [-0.2, 0) is 12.8 Å². The smallest absolute Gasteiger partial charge is 0.126 e. The fraction of sp³-hybridized carbons (Fsp3) is 0.667. The number of nitrogens with zero attached hydrogens (tertiary/aromatic N) is 1. The predicted octanol–water partition coefficient (Wildman–Crippen LogP) is 2.78. The van der Waals surface area contributed by atoms with Gasteiger partial charge in [0.2, 0.25) is 0 Å². The van der Waals surface area contributed by atoms with E-state index >= 15 is 0 Å². The Kier molecular flexibility index (Phi) is 3.91. The van der Waals surface area contributed by atoms with E-state index in [4.69, 9.17) is 0 Å². The molecule has 18 heavy (non-hydrogen) atoms. The fourth-order valence-electron chi connectivity index (χ4n) is 2.75. The second-order valence-electron chi connectivity index (χ2n) is 6.10. The van der Waals surface area contributed by atoms with Crippen LogP contribution in [0, 0.1) is 5.92 Å². The lowest BCUT2D eigenvalue weighted by atomic mass is 9.94. The van der Waals surface area contributed by atoms with Gasteiger partial charge in [0.25, 0.3) is 0 Å². The number of aliphatic hydroxyl groups is 1. The van der Waals surface area contributed by atoms with Gasteiger partial charge < -0.3 is 10.4 Å². The Morgan fingerprint density at radius 1 is 1.39 bits per heavy atom. The minimum absolute atomic E-state index is 0.495. The molecule has 1 aliphatic rings. The number of aromatic nitrogens is 1. The van der Waals surface area contributed by atoms with E-state index in [9.17, 15) is 5.11 Å². The predicted molar refractivity (Wildman–Crippen MR) is 74.8 cm³/mol. The monoisotopic (exact) mass is 248 g/mol. The summed E-state index contributed by atoms with van der Waals surface area (Å²) in [4.78, 5) is 4.61. The van der Waals surface area contributed by atoms with Crippen LogP contribution < -0.4 is 5.32 Å². The standard InChI is InChI=1S/C15H24N2O/c1-11(2)9-15(3,18)10-16-14-8-7-12-5-4-6-13(12)17-14/h7-8,11,18H,4-6,9-10H2,1-3H3,(H,16,17). The molecule has 3 nitrogen and oxygen atoms in total. The number of pyridine rings is 1. The Hall–Kier alpha value is -1.09. The van der Waals surface area contributed by atoms with Crippen LogP contribution >= 0.6 is 0 Å². The van der Waals surface area contributed by atoms with E-state index < -0.39 is 5.60 Å². The average molecular weight is 248 g/mol. The molecule has 0 bridgehead atoms. The molecular formula is C15H24N2O. The summed E-state index contributed by atoms with van der Waals surface area (Å²) in [5.74, 6) is 1.38. The van der Waals surface area contributed by atoms with Crippen molar-refractivity contribution >= 4 is 5.82 Å². The largest absolute Gasteiger partial charge is 0.388 e. The van der Waals surface area contributed by atoms with Crippen LogP contribution in [0.5, 0.6) is 0 Å². The Bertz CT molecular complexity index is 413. The van der Waals surface area contributed by atoms with Gasteiger partial charge in [-0.1, -0.05) is 19.9 Å². The number of hydrogen-bond donors (Lipinski definition) is 2. The molecule has 100 valence electrons. The highest BCUT2D eigenvalue weighted by molar-refractivity contribution is 5.40. The van der Waals surface area contributed by atoms with Gasteiger partial charge in [-0.15, -0.1) is 0 Å². The summed E-state index contributed by atoms with van der Waals surface area (Å²) in [6.07, 6.45) is 4.27. The first kappa shape index (κ1) is 13.3. The van der Waals surface area contributed by atoms with Gasteiger partial charge in [0.05, 0.1) is 5.60 Å². The topological polar surface area (TPSA) is 45.1 Å². The van der Waals surface area contributed by atoms with Crippen LogP contribution in [0.25, 0.3) is 0 Å². The van der Waals surface area contributed by atoms with Gasteiger partial charge in [-0.25, -0.2) is 4.98 Å². The summed E-state index contributed by atoms with van der Waals surface area (Å²) < 4.78 is 0. The minimum atomic E-state index is -0.672. The van der Waals surface area contributed by atoms with Crippen LogP contribution in [0.4, 0.5) is 5.82 Å². The molecule has 2 N–H and O–H groups in total. The first-order chi connectivity index (χ1) is 8.46. The summed E-state index contributed by atoms with van der Waals surface area (Å²) in [5, 5.41) is 13.5. The number of anilines is 1. The molecule has 0 amide bonds. The van der Waals surface area contributed by atoms with Crippen molar-refractivity contribution < 1.29 is 5.11 Å². The van der Waals surface area contributed by atoms with Crippen molar-refractivity contribution in [3.05, 3.63) is 23.4 Å². The highest BCUT2D eigenvalue weighted by Gasteiger charge is 2.22. The van der Waals surface area contributed by atoms with Crippen LogP contribution in [0.3, 0.4) is 0 Å². The molecule has 2 rings (SSSR count). The third-order valence-electron chi connectivity index (χ3n) is 3.43. The van der Waals surface area contributed by atoms with E-state index in [-0.39, 0.29) is 0 Å². The molecule has 1 aliphatic carbocycles. The van der Waals surface area contributed by atoms with Gasteiger partial charge in [-0.3, -0.25) is 0 Å². The first-order valence-corrected chi connectivity index (χ1v) is 6.91. The summed E-state index contributed by atoms with van der Waals surface area (Å²) in [5.41, 5.74) is 1.94. The molecule has 3 heteroatoms. The molecule has 0 radical (unpaired) electrons. The first-order valence-electron chi connectivity index (χ1n) is 6.91. The van der Waals surface area contributed by atoms with Crippen molar-refractivity contribution in [2.24, 2.45) is 5.92 Å². The maximum absolute atomic E-state index is 10.2. The van der Waals surface area contributed by atoms with Crippen LogP contribution in [0.1, 0.15) is 44.9 Å². The normalized spacial score (nSPS) is 17.6. The maximum atomic E-state index is 10.2. The van der Waals surface area contributed by atoms with E-state index in [2.05, 4.69) is 30.2 Å². The Morgan fingerprint density at radius 2 is 2.17 bits per heavy atom. The summed E-state index contributed by atoms with van der Waals surface area (Å²) in [6, 6.07) is 4.18. The number of aryl methyl sites for hydroxylation is 2. The van der Waals surface area contributed by atoms with Gasteiger partial charge in [-0.05, 0) is 50.2 Å². The average Bonchev–Trinajstić information content (AvgIpc) is 2.71. The number of fused-ring (bicyclic) bond motifs is 1. The summed E-state index contributed by atoms with van der Waals surface area (Å²) in [6.45, 7) is 6.69. The fourth-order valence-corrected chi connectivity index (χ4v) is 2.75. The van der Waals surface area contributed by atoms with Crippen LogP contribution in [0.15, 0.2) is 12.1 Å². The number of nitrogens with one attached hydrogen (secondary N) is 1. The highest BCUT2D eigenvalue weighted by Crippen LogP contribution is 2.22. The highest BCUT2D eigenvalue weighted by atomic mass is 16.3. The molecule has 1 heterocycles. The second kappa shape index (κ2) is 5.27. The van der Waals surface area contributed by atoms with E-state index in [1.54, 1.807) is 0 Å². The van der Waals surface area contributed by atoms with E-state index in [1.165, 1.54) is 17.7 Å². The quantitative estimate of drug-likeness (QED) is 0.842. The molecule has 0 saturated heterocycles. The van der Waals surface area contributed by atoms with Crippen LogP contribution in [-0.4, -0.2) is 22.2 Å². The van der Waals surface area contributed by atoms with E-state index in [0.29, 0.717) is 12.5 Å². The molecule has 0 saturated carbocycles. The summed E-state index contributed by atoms with van der Waals surface area (Å²) >= 11 is 0. The molecule has 0 fully saturated rings. The zero-order valence-electron chi connectivity index (χ0n) is 11.7. The van der Waals surface area contributed by atoms with Gasteiger partial charge in [0.15, 0.2) is 0 Å². The van der Waals surface area contributed by atoms with Crippen molar-refractivity contribution in [1.29, 1.82) is 0 Å². The lowest BCUT2D eigenvalue weighted by Gasteiger charge is -2.25. The third kappa shape index (κ3) is 3.45. The molecule has 1 aromatic rings. The molecule has 0 aromatic carbocycles. The Morgan fingerprint density at radius 3 is 2.89 bits per heavy atom. The lowest BCUT2D eigenvalue weighted by Crippen LogP contribution is -2.35. The van der Waals surface area contributed by atoms with Gasteiger partial charge in [0, 0.05) is 12.2 Å². The number of hydrogen-bond acceptors (Lipinski definition) is 3. The zero-order chi connectivity index (χ0) is 13.2. The lowest BCUT2D eigenvalue weighted by molar-refractivity contribution is 0.0515. The molecule has 1 unspecified atom stereocenters. The van der Waals surface area contributed by atoms with E-state index in [0.717, 1.165) is 25.1 Å². The number of rotatable bonds is 5. The van der Waals surface area contributed by atoms with Crippen molar-refractivity contribution in [3.63, 3.8) is 0 Å². The Balaban J connectivity index is 1.94. The molecular weight excluding hydrogens is 224 g/mol. The Labute approximate surface area is 110 Å². The van der Waals surface area contributed by atoms with Gasteiger partial charge >= 0.3 is 0 Å². The summed E-state index contributed by atoms with van der Waals surface area (Å²) in [7, 11) is 0. The second-order valence-corrected chi connectivity index (χ2v) is 6.10. The van der Waals surface area contributed by atoms with Crippen molar-refractivity contribution in [2.75, 3.05) is 11.9 Å². The molecule has 1 atom stereocenters.